The molecule has 0 N–H and O–H groups in total. The van der Waals surface area contributed by atoms with Crippen LogP contribution in [0.2, 0.25) is 0 Å². The lowest BCUT2D eigenvalue weighted by molar-refractivity contribution is 0.303. The molecular formula is C21H24O3. The first-order chi connectivity index (χ1) is 11.4. The number of rotatable bonds is 5. The fraction of sp³-hybridized carbons (Fsp3) is 0.286. The van der Waals surface area contributed by atoms with Gasteiger partial charge in [0.1, 0.15) is 17.1 Å². The van der Waals surface area contributed by atoms with Gasteiger partial charge in [-0.2, -0.15) is 0 Å². The second-order valence-corrected chi connectivity index (χ2v) is 5.95. The SMILES string of the molecule is C=C(OC)/C(C)=C\C=C(/CC)c1cc(=O)c2c(C)cc(C)cc2o1. The zero-order chi connectivity index (χ0) is 17.9. The third-order valence-corrected chi connectivity index (χ3v) is 4.09. The minimum absolute atomic E-state index is 0.00916. The van der Waals surface area contributed by atoms with Gasteiger partial charge in [0.05, 0.1) is 12.5 Å². The summed E-state index contributed by atoms with van der Waals surface area (Å²) in [4.78, 5) is 12.5. The smallest absolute Gasteiger partial charge is 0.193 e. The molecule has 0 fully saturated rings. The maximum atomic E-state index is 12.5. The summed E-state index contributed by atoms with van der Waals surface area (Å²) >= 11 is 0. The summed E-state index contributed by atoms with van der Waals surface area (Å²) < 4.78 is 11.1. The van der Waals surface area contributed by atoms with Crippen LogP contribution in [-0.4, -0.2) is 7.11 Å². The minimum Gasteiger partial charge on any atom is -0.497 e. The molecular weight excluding hydrogens is 300 g/mol. The summed E-state index contributed by atoms with van der Waals surface area (Å²) in [5.41, 5.74) is 4.53. The third kappa shape index (κ3) is 3.67. The number of ether oxygens (including phenoxy) is 1. The summed E-state index contributed by atoms with van der Waals surface area (Å²) in [6.07, 6.45) is 4.63. The molecule has 0 bridgehead atoms. The number of methoxy groups -OCH3 is 1. The van der Waals surface area contributed by atoms with Gasteiger partial charge in [0.2, 0.25) is 0 Å². The molecule has 3 nitrogen and oxygen atoms in total. The number of fused-ring (bicyclic) bond motifs is 1. The zero-order valence-corrected chi connectivity index (χ0v) is 15.0. The van der Waals surface area contributed by atoms with Gasteiger partial charge in [0, 0.05) is 6.07 Å². The molecule has 1 heterocycles. The summed E-state index contributed by atoms with van der Waals surface area (Å²) in [5.74, 6) is 1.22. The molecule has 1 aromatic carbocycles. The van der Waals surface area contributed by atoms with Gasteiger partial charge >= 0.3 is 0 Å². The van der Waals surface area contributed by atoms with Gasteiger partial charge in [-0.25, -0.2) is 0 Å². The number of aryl methyl sites for hydroxylation is 2. The Hall–Kier alpha value is -2.55. The van der Waals surface area contributed by atoms with Gasteiger partial charge in [-0.15, -0.1) is 0 Å². The van der Waals surface area contributed by atoms with Crippen molar-refractivity contribution in [2.75, 3.05) is 7.11 Å². The van der Waals surface area contributed by atoms with Gasteiger partial charge in [-0.05, 0) is 55.5 Å². The van der Waals surface area contributed by atoms with E-state index in [9.17, 15) is 4.79 Å². The predicted octanol–water partition coefficient (Wildman–Crippen LogP) is 5.31. The topological polar surface area (TPSA) is 39.4 Å². The Morgan fingerprint density at radius 1 is 1.25 bits per heavy atom. The average molecular weight is 324 g/mol. The van der Waals surface area contributed by atoms with Crippen LogP contribution in [0.3, 0.4) is 0 Å². The summed E-state index contributed by atoms with van der Waals surface area (Å²) in [7, 11) is 1.59. The lowest BCUT2D eigenvalue weighted by atomic mass is 10.0. The molecule has 126 valence electrons. The highest BCUT2D eigenvalue weighted by atomic mass is 16.5. The van der Waals surface area contributed by atoms with Crippen LogP contribution >= 0.6 is 0 Å². The van der Waals surface area contributed by atoms with E-state index in [0.717, 1.165) is 28.7 Å². The van der Waals surface area contributed by atoms with E-state index >= 15 is 0 Å². The Morgan fingerprint density at radius 2 is 1.96 bits per heavy atom. The summed E-state index contributed by atoms with van der Waals surface area (Å²) in [6.45, 7) is 11.7. The summed E-state index contributed by atoms with van der Waals surface area (Å²) in [5, 5.41) is 0.652. The van der Waals surface area contributed by atoms with E-state index in [1.807, 2.05) is 52.0 Å². The van der Waals surface area contributed by atoms with E-state index in [2.05, 4.69) is 6.58 Å². The van der Waals surface area contributed by atoms with Gasteiger partial charge in [0.15, 0.2) is 5.43 Å². The molecule has 0 atom stereocenters. The van der Waals surface area contributed by atoms with Gasteiger partial charge in [-0.3, -0.25) is 4.79 Å². The van der Waals surface area contributed by atoms with E-state index in [1.54, 1.807) is 13.2 Å². The van der Waals surface area contributed by atoms with Crippen LogP contribution in [0, 0.1) is 13.8 Å². The highest BCUT2D eigenvalue weighted by Gasteiger charge is 2.10. The van der Waals surface area contributed by atoms with Crippen molar-refractivity contribution in [3.63, 3.8) is 0 Å². The molecule has 0 radical (unpaired) electrons. The fourth-order valence-corrected chi connectivity index (χ4v) is 2.68. The van der Waals surface area contributed by atoms with Crippen molar-refractivity contribution >= 4 is 16.5 Å². The Balaban J connectivity index is 2.58. The van der Waals surface area contributed by atoms with Crippen LogP contribution in [0.25, 0.3) is 16.5 Å². The lowest BCUT2D eigenvalue weighted by Crippen LogP contribution is -2.04. The Labute approximate surface area is 143 Å². The molecule has 3 heteroatoms. The van der Waals surface area contributed by atoms with Gasteiger partial charge < -0.3 is 9.15 Å². The van der Waals surface area contributed by atoms with Crippen LogP contribution in [-0.2, 0) is 4.74 Å². The van der Waals surface area contributed by atoms with Crippen LogP contribution in [0.4, 0.5) is 0 Å². The van der Waals surface area contributed by atoms with Crippen molar-refractivity contribution in [2.45, 2.75) is 34.1 Å². The van der Waals surface area contributed by atoms with E-state index < -0.39 is 0 Å². The Kier molecular flexibility index (Phi) is 5.45. The fourth-order valence-electron chi connectivity index (χ4n) is 2.68. The normalized spacial score (nSPS) is 12.5. The average Bonchev–Trinajstić information content (AvgIpc) is 2.53. The maximum absolute atomic E-state index is 12.5. The lowest BCUT2D eigenvalue weighted by Gasteiger charge is -2.08. The van der Waals surface area contributed by atoms with E-state index in [4.69, 9.17) is 9.15 Å². The predicted molar refractivity (Wildman–Crippen MR) is 100 cm³/mol. The number of allylic oxidation sites excluding steroid dienone is 4. The van der Waals surface area contributed by atoms with Gasteiger partial charge in [-0.1, -0.05) is 31.7 Å². The van der Waals surface area contributed by atoms with E-state index in [1.165, 1.54) is 0 Å². The highest BCUT2D eigenvalue weighted by molar-refractivity contribution is 5.82. The minimum atomic E-state index is -0.00916. The van der Waals surface area contributed by atoms with Crippen LogP contribution in [0.15, 0.2) is 57.5 Å². The number of hydrogen-bond acceptors (Lipinski definition) is 3. The third-order valence-electron chi connectivity index (χ3n) is 4.09. The van der Waals surface area contributed by atoms with Crippen LogP contribution in [0.1, 0.15) is 37.2 Å². The highest BCUT2D eigenvalue weighted by Crippen LogP contribution is 2.24. The number of hydrogen-bond donors (Lipinski definition) is 0. The largest absolute Gasteiger partial charge is 0.497 e. The van der Waals surface area contributed by atoms with Crippen molar-refractivity contribution in [2.24, 2.45) is 0 Å². The first kappa shape index (κ1) is 17.8. The second kappa shape index (κ2) is 7.35. The standard InChI is InChI=1S/C21H24O3/c1-7-17(9-8-14(3)16(5)23-6)19-12-18(22)21-15(4)10-13(2)11-20(21)24-19/h8-12H,5,7H2,1-4,6H3/b14-8-,17-9+. The monoisotopic (exact) mass is 324 g/mol. The quantitative estimate of drug-likeness (QED) is 0.552. The molecule has 0 saturated heterocycles. The zero-order valence-electron chi connectivity index (χ0n) is 15.0. The molecule has 0 aliphatic carbocycles. The molecule has 0 amide bonds. The molecule has 2 rings (SSSR count). The van der Waals surface area contributed by atoms with Crippen LogP contribution < -0.4 is 5.43 Å². The molecule has 0 spiro atoms. The summed E-state index contributed by atoms with van der Waals surface area (Å²) in [6, 6.07) is 5.49. The van der Waals surface area contributed by atoms with Crippen molar-refractivity contribution in [1.82, 2.24) is 0 Å². The molecule has 2 aromatic rings. The molecule has 0 aliphatic rings. The molecule has 1 aromatic heterocycles. The maximum Gasteiger partial charge on any atom is 0.193 e. The van der Waals surface area contributed by atoms with Crippen LogP contribution in [0.5, 0.6) is 0 Å². The van der Waals surface area contributed by atoms with Crippen molar-refractivity contribution in [3.8, 4) is 0 Å². The van der Waals surface area contributed by atoms with E-state index in [0.29, 0.717) is 22.5 Å². The molecule has 0 saturated carbocycles. The first-order valence-corrected chi connectivity index (χ1v) is 8.03. The molecule has 0 unspecified atom stereocenters. The van der Waals surface area contributed by atoms with Crippen molar-refractivity contribution in [1.29, 1.82) is 0 Å². The first-order valence-electron chi connectivity index (χ1n) is 8.03. The van der Waals surface area contributed by atoms with Crippen molar-refractivity contribution < 1.29 is 9.15 Å². The van der Waals surface area contributed by atoms with Crippen molar-refractivity contribution in [3.05, 3.63) is 75.4 Å². The Bertz CT molecular complexity index is 895. The van der Waals surface area contributed by atoms with Gasteiger partial charge in [0.25, 0.3) is 0 Å². The van der Waals surface area contributed by atoms with E-state index in [-0.39, 0.29) is 5.43 Å². The molecule has 24 heavy (non-hydrogen) atoms. The second-order valence-electron chi connectivity index (χ2n) is 5.95. The molecule has 0 aliphatic heterocycles. The number of benzene rings is 1. The Morgan fingerprint density at radius 3 is 2.58 bits per heavy atom.